The lowest BCUT2D eigenvalue weighted by Gasteiger charge is -2.15. The zero-order valence-electron chi connectivity index (χ0n) is 17.8. The molecule has 29 heavy (non-hydrogen) atoms. The first kappa shape index (κ1) is 24.1. The molecule has 0 bridgehead atoms. The number of hydrogen-bond acceptors (Lipinski definition) is 3. The Labute approximate surface area is 184 Å². The second kappa shape index (κ2) is 9.76. The van der Waals surface area contributed by atoms with Crippen molar-refractivity contribution in [2.24, 2.45) is 4.40 Å². The van der Waals surface area contributed by atoms with Crippen molar-refractivity contribution in [3.05, 3.63) is 40.2 Å². The number of benzene rings is 1. The second-order valence-corrected chi connectivity index (χ2v) is 17.5. The normalized spacial score (nSPS) is 13.9. The number of rotatable bonds is 8. The predicted molar refractivity (Wildman–Crippen MR) is 125 cm³/mol. The average molecular weight is 503 g/mol. The van der Waals surface area contributed by atoms with Gasteiger partial charge in [-0.25, -0.2) is 13.3 Å². The number of ether oxygens (including phenoxy) is 1. The smallest absolute Gasteiger partial charge is 0.144 e. The first-order valence-electron chi connectivity index (χ1n) is 9.43. The highest BCUT2D eigenvalue weighted by Crippen LogP contribution is 2.30. The molecule has 2 rings (SSSR count). The number of halogens is 2. The van der Waals surface area contributed by atoms with Crippen LogP contribution in [0.3, 0.4) is 0 Å². The summed E-state index contributed by atoms with van der Waals surface area (Å²) in [5.74, 6) is -0.356. The summed E-state index contributed by atoms with van der Waals surface area (Å²) in [4.78, 5) is 0. The molecule has 0 amide bonds. The van der Waals surface area contributed by atoms with Gasteiger partial charge in [-0.05, 0) is 45.0 Å². The Balaban J connectivity index is 2.31. The quantitative estimate of drug-likeness (QED) is 0.267. The summed E-state index contributed by atoms with van der Waals surface area (Å²) in [6.07, 6.45) is 3.32. The van der Waals surface area contributed by atoms with E-state index >= 15 is 0 Å². The molecule has 1 atom stereocenters. The van der Waals surface area contributed by atoms with E-state index in [4.69, 9.17) is 4.74 Å². The molecule has 0 radical (unpaired) electrons. The molecular weight excluding hydrogens is 473 g/mol. The zero-order valence-corrected chi connectivity index (χ0v) is 21.2. The Kier molecular flexibility index (Phi) is 8.12. The van der Waals surface area contributed by atoms with E-state index in [9.17, 15) is 8.60 Å². The number of hydrogen-bond donors (Lipinski definition) is 0. The fourth-order valence-electron chi connectivity index (χ4n) is 2.28. The number of aromatic nitrogens is 2. The maximum absolute atomic E-state index is 13.8. The molecule has 0 unspecified atom stereocenters. The average Bonchev–Trinajstić information content (AvgIpc) is 3.00. The molecule has 0 aliphatic rings. The first-order chi connectivity index (χ1) is 13.4. The van der Waals surface area contributed by atoms with E-state index in [-0.39, 0.29) is 5.82 Å². The van der Waals surface area contributed by atoms with E-state index in [0.717, 1.165) is 10.5 Å². The van der Waals surface area contributed by atoms with Crippen LogP contribution in [0.2, 0.25) is 25.7 Å². The molecule has 2 aromatic rings. The van der Waals surface area contributed by atoms with Gasteiger partial charge in [0.2, 0.25) is 0 Å². The van der Waals surface area contributed by atoms with Crippen LogP contribution >= 0.6 is 15.9 Å². The molecule has 0 spiro atoms. The molecule has 0 aliphatic heterocycles. The van der Waals surface area contributed by atoms with Crippen LogP contribution in [0.1, 0.15) is 26.3 Å². The number of nitrogens with zero attached hydrogens (tertiary/aromatic N) is 3. The first-order valence-corrected chi connectivity index (χ1v) is 15.0. The maximum atomic E-state index is 13.8. The van der Waals surface area contributed by atoms with Gasteiger partial charge >= 0.3 is 0 Å². The van der Waals surface area contributed by atoms with Gasteiger partial charge in [-0.15, -0.1) is 0 Å². The van der Waals surface area contributed by atoms with Gasteiger partial charge in [0.25, 0.3) is 0 Å². The van der Waals surface area contributed by atoms with Gasteiger partial charge in [0, 0.05) is 42.7 Å². The molecule has 0 N–H and O–H groups in total. The Morgan fingerprint density at radius 2 is 2.03 bits per heavy atom. The Hall–Kier alpha value is -1.16. The van der Waals surface area contributed by atoms with Gasteiger partial charge in [-0.1, -0.05) is 35.6 Å². The van der Waals surface area contributed by atoms with E-state index in [0.29, 0.717) is 30.2 Å². The van der Waals surface area contributed by atoms with Crippen molar-refractivity contribution in [3.63, 3.8) is 0 Å². The van der Waals surface area contributed by atoms with Crippen molar-refractivity contribution in [1.29, 1.82) is 0 Å². The summed E-state index contributed by atoms with van der Waals surface area (Å²) in [5.41, 5.74) is 1.82. The van der Waals surface area contributed by atoms with Crippen molar-refractivity contribution < 1.29 is 13.3 Å². The fraction of sp³-hybridized carbons (Fsp3) is 0.500. The van der Waals surface area contributed by atoms with E-state index in [1.54, 1.807) is 23.2 Å². The molecule has 160 valence electrons. The van der Waals surface area contributed by atoms with E-state index in [1.807, 2.05) is 20.8 Å². The molecule has 0 fully saturated rings. The Bertz CT molecular complexity index is 904. The standard InChI is InChI=1S/C20H29BrFN3O2SSi/c1-20(2,3)28(26)23-12-15-13-25(14-27-9-10-29(4,5)6)24-19(15)17-11-16(22)7-8-18(17)21/h7-8,11-13H,9-10,14H2,1-6H3/b23-12+/t28-/m0/s1. The Morgan fingerprint density at radius 1 is 1.34 bits per heavy atom. The van der Waals surface area contributed by atoms with Gasteiger partial charge in [0.05, 0.1) is 4.75 Å². The van der Waals surface area contributed by atoms with Crippen LogP contribution in [-0.2, 0) is 22.5 Å². The zero-order chi connectivity index (χ0) is 21.8. The third-order valence-electron chi connectivity index (χ3n) is 4.00. The SMILES string of the molecule is CC(C)(C)[S@](=O)/N=C/c1cn(COCC[Si](C)(C)C)nc1-c1cc(F)ccc1Br. The minimum absolute atomic E-state index is 0.292. The highest BCUT2D eigenvalue weighted by Gasteiger charge is 2.20. The van der Waals surface area contributed by atoms with Crippen LogP contribution in [0, 0.1) is 5.82 Å². The van der Waals surface area contributed by atoms with Gasteiger partial charge < -0.3 is 4.74 Å². The molecule has 0 saturated carbocycles. The molecule has 5 nitrogen and oxygen atoms in total. The van der Waals surface area contributed by atoms with Gasteiger partial charge in [0.15, 0.2) is 0 Å². The summed E-state index contributed by atoms with van der Waals surface area (Å²) in [5, 5.41) is 4.57. The van der Waals surface area contributed by atoms with Crippen molar-refractivity contribution >= 4 is 41.2 Å². The van der Waals surface area contributed by atoms with E-state index in [1.165, 1.54) is 12.1 Å². The minimum atomic E-state index is -1.40. The van der Waals surface area contributed by atoms with Crippen LogP contribution < -0.4 is 0 Å². The van der Waals surface area contributed by atoms with Gasteiger partial charge in [0.1, 0.15) is 29.2 Å². The fourth-order valence-corrected chi connectivity index (χ4v) is 4.00. The van der Waals surface area contributed by atoms with Gasteiger partial charge in [-0.2, -0.15) is 9.50 Å². The third kappa shape index (κ3) is 7.55. The minimum Gasteiger partial charge on any atom is -0.360 e. The molecule has 1 aromatic carbocycles. The monoisotopic (exact) mass is 501 g/mol. The van der Waals surface area contributed by atoms with Crippen molar-refractivity contribution in [2.45, 2.75) is 57.9 Å². The van der Waals surface area contributed by atoms with E-state index < -0.39 is 23.8 Å². The molecule has 1 heterocycles. The summed E-state index contributed by atoms with van der Waals surface area (Å²) in [6, 6.07) is 5.51. The van der Waals surface area contributed by atoms with Gasteiger partial charge in [-0.3, -0.25) is 0 Å². The largest absolute Gasteiger partial charge is 0.360 e. The molecular formula is C20H29BrFN3O2SSi. The van der Waals surface area contributed by atoms with Crippen LogP contribution in [0.5, 0.6) is 0 Å². The molecule has 0 saturated heterocycles. The lowest BCUT2D eigenvalue weighted by atomic mass is 10.1. The predicted octanol–water partition coefficient (Wildman–Crippen LogP) is 5.65. The summed E-state index contributed by atoms with van der Waals surface area (Å²) in [6.45, 7) is 13.4. The lowest BCUT2D eigenvalue weighted by molar-refractivity contribution is 0.0787. The topological polar surface area (TPSA) is 56.5 Å². The van der Waals surface area contributed by atoms with Crippen molar-refractivity contribution in [1.82, 2.24) is 9.78 Å². The lowest BCUT2D eigenvalue weighted by Crippen LogP contribution is -2.22. The summed E-state index contributed by atoms with van der Waals surface area (Å²) in [7, 11) is -2.57. The molecule has 9 heteroatoms. The van der Waals surface area contributed by atoms with E-state index in [2.05, 4.69) is 45.1 Å². The summed E-state index contributed by atoms with van der Waals surface area (Å²) >= 11 is 3.46. The maximum Gasteiger partial charge on any atom is 0.144 e. The Morgan fingerprint density at radius 3 is 2.66 bits per heavy atom. The summed E-state index contributed by atoms with van der Waals surface area (Å²) < 4.78 is 38.0. The highest BCUT2D eigenvalue weighted by atomic mass is 79.9. The van der Waals surface area contributed by atoms with Crippen LogP contribution in [0.25, 0.3) is 11.3 Å². The van der Waals surface area contributed by atoms with Crippen LogP contribution in [0.4, 0.5) is 4.39 Å². The van der Waals surface area contributed by atoms with Crippen LogP contribution in [-0.4, -0.2) is 39.6 Å². The molecule has 1 aromatic heterocycles. The second-order valence-electron chi connectivity index (χ2n) is 9.04. The third-order valence-corrected chi connectivity index (χ3v) is 7.75. The van der Waals surface area contributed by atoms with Crippen molar-refractivity contribution in [3.8, 4) is 11.3 Å². The highest BCUT2D eigenvalue weighted by molar-refractivity contribution is 9.10. The molecule has 0 aliphatic carbocycles. The van der Waals surface area contributed by atoms with Crippen molar-refractivity contribution in [2.75, 3.05) is 6.61 Å². The van der Waals surface area contributed by atoms with Crippen LogP contribution in [0.15, 0.2) is 33.3 Å².